The van der Waals surface area contributed by atoms with Crippen LogP contribution in [0.4, 0.5) is 31.5 Å². The minimum atomic E-state index is -4.45. The van der Waals surface area contributed by atoms with E-state index in [-0.39, 0.29) is 28.4 Å². The van der Waals surface area contributed by atoms with E-state index in [1.165, 1.54) is 52.3 Å². The van der Waals surface area contributed by atoms with Gasteiger partial charge in [0.05, 0.1) is 47.0 Å². The van der Waals surface area contributed by atoms with Gasteiger partial charge in [0.25, 0.3) is 5.91 Å². The monoisotopic (exact) mass is 793 g/mol. The molecule has 2 aromatic carbocycles. The molecule has 0 saturated carbocycles. The molecule has 0 bridgehead atoms. The standard InChI is InChI=1S/C23H20F3N5O2S.C15H9F3N2O2/c24-23(25,26)16-4-1-3-15(11-16)19-13-31-6-2-5-18(20(31)28-19)21(32)29-22-27-17(14-34-22)12-30-7-9-33-10-8-30;16-15(17,18)10-4-1-3-9(7-10)12-8-20-6-2-5-11(14(21)22)13(20)19-12/h1-6,11,13-14H,7-10,12H2,(H,27,29,32);1-8H,(H,21,22). The molecule has 288 valence electrons. The molecule has 0 radical (unpaired) electrons. The second-order valence-electron chi connectivity index (χ2n) is 12.5. The largest absolute Gasteiger partial charge is 0.478 e. The number of hydrogen-bond donors (Lipinski definition) is 2. The third kappa shape index (κ3) is 8.56. The van der Waals surface area contributed by atoms with Crippen LogP contribution in [0.1, 0.15) is 37.5 Å². The van der Waals surface area contributed by atoms with Crippen LogP contribution in [0.25, 0.3) is 33.8 Å². The number of carboxylic acid groups (broad SMARTS) is 1. The fourth-order valence-electron chi connectivity index (χ4n) is 5.95. The van der Waals surface area contributed by atoms with Crippen LogP contribution in [0.5, 0.6) is 0 Å². The van der Waals surface area contributed by atoms with Gasteiger partial charge in [-0.1, -0.05) is 24.3 Å². The van der Waals surface area contributed by atoms with Crippen molar-refractivity contribution in [2.24, 2.45) is 0 Å². The van der Waals surface area contributed by atoms with E-state index in [4.69, 9.17) is 9.84 Å². The minimum absolute atomic E-state index is 0.0132. The Balaban J connectivity index is 0.000000189. The zero-order chi connectivity index (χ0) is 39.6. The van der Waals surface area contributed by atoms with Crippen LogP contribution in [-0.4, -0.2) is 71.9 Å². The summed E-state index contributed by atoms with van der Waals surface area (Å²) in [5.74, 6) is -1.54. The van der Waals surface area contributed by atoms with Gasteiger partial charge in [-0.25, -0.2) is 19.7 Å². The summed E-state index contributed by atoms with van der Waals surface area (Å²) in [4.78, 5) is 39.5. The number of nitrogens with zero attached hydrogens (tertiary/aromatic N) is 6. The van der Waals surface area contributed by atoms with E-state index >= 15 is 0 Å². The summed E-state index contributed by atoms with van der Waals surface area (Å²) in [5.41, 5.74) is 1.36. The number of ether oxygens (including phenoxy) is 1. The molecule has 1 amide bonds. The van der Waals surface area contributed by atoms with E-state index in [2.05, 4.69) is 25.2 Å². The molecule has 1 fully saturated rings. The molecule has 0 spiro atoms. The number of benzene rings is 2. The van der Waals surface area contributed by atoms with E-state index in [1.807, 2.05) is 5.38 Å². The molecule has 1 aliphatic heterocycles. The Kier molecular flexibility index (Phi) is 10.6. The zero-order valence-electron chi connectivity index (χ0n) is 28.9. The first-order chi connectivity index (χ1) is 26.7. The van der Waals surface area contributed by atoms with Gasteiger partial charge >= 0.3 is 18.3 Å². The average molecular weight is 794 g/mol. The molecule has 0 aliphatic carbocycles. The van der Waals surface area contributed by atoms with Gasteiger partial charge in [-0.05, 0) is 48.5 Å². The van der Waals surface area contributed by atoms with Crippen molar-refractivity contribution in [2.45, 2.75) is 18.9 Å². The van der Waals surface area contributed by atoms with Crippen LogP contribution < -0.4 is 5.32 Å². The molecule has 8 rings (SSSR count). The number of aromatic carboxylic acids is 1. The smallest absolute Gasteiger partial charge is 0.416 e. The van der Waals surface area contributed by atoms with E-state index in [9.17, 15) is 35.9 Å². The highest BCUT2D eigenvalue weighted by molar-refractivity contribution is 7.14. The van der Waals surface area contributed by atoms with Gasteiger partial charge in [0.1, 0.15) is 11.2 Å². The number of morpholine rings is 1. The summed E-state index contributed by atoms with van der Waals surface area (Å²) in [5, 5.41) is 14.3. The summed E-state index contributed by atoms with van der Waals surface area (Å²) in [7, 11) is 0. The summed E-state index contributed by atoms with van der Waals surface area (Å²) < 4.78 is 86.0. The maximum atomic E-state index is 13.1. The van der Waals surface area contributed by atoms with E-state index in [0.29, 0.717) is 47.4 Å². The molecule has 56 heavy (non-hydrogen) atoms. The Bertz CT molecular complexity index is 2540. The van der Waals surface area contributed by atoms with Crippen LogP contribution in [0, 0.1) is 0 Å². The van der Waals surface area contributed by atoms with Crippen LogP contribution >= 0.6 is 11.3 Å². The normalized spacial score (nSPS) is 13.8. The maximum absolute atomic E-state index is 13.1. The second kappa shape index (κ2) is 15.6. The number of carboxylic acids is 1. The van der Waals surface area contributed by atoms with Crippen molar-refractivity contribution in [3.05, 3.63) is 131 Å². The molecule has 7 aromatic rings. The number of thiazole rings is 1. The van der Waals surface area contributed by atoms with Gasteiger partial charge < -0.3 is 18.6 Å². The maximum Gasteiger partial charge on any atom is 0.416 e. The fourth-order valence-corrected chi connectivity index (χ4v) is 6.64. The highest BCUT2D eigenvalue weighted by Crippen LogP contribution is 2.33. The van der Waals surface area contributed by atoms with Crippen LogP contribution in [0.15, 0.2) is 103 Å². The first-order valence-corrected chi connectivity index (χ1v) is 17.7. The zero-order valence-corrected chi connectivity index (χ0v) is 29.7. The minimum Gasteiger partial charge on any atom is -0.478 e. The number of carbonyl (C=O) groups excluding carboxylic acids is 1. The van der Waals surface area contributed by atoms with Crippen LogP contribution in [0.2, 0.25) is 0 Å². The third-order valence-corrected chi connectivity index (χ3v) is 9.48. The van der Waals surface area contributed by atoms with Crippen molar-refractivity contribution in [3.8, 4) is 22.5 Å². The molecule has 1 aliphatic rings. The number of amides is 1. The molecule has 18 heteroatoms. The quantitative estimate of drug-likeness (QED) is 0.155. The van der Waals surface area contributed by atoms with Crippen molar-refractivity contribution >= 4 is 39.6 Å². The number of anilines is 1. The SMILES string of the molecule is O=C(Nc1nc(CN2CCOCC2)cs1)c1cccn2cc(-c3cccc(C(F)(F)F)c3)nc12.O=C(O)c1cccn2cc(-c3cccc(C(F)(F)F)c3)nc12. The molecule has 2 N–H and O–H groups in total. The van der Waals surface area contributed by atoms with Crippen LogP contribution in [-0.2, 0) is 23.6 Å². The number of rotatable bonds is 7. The predicted octanol–water partition coefficient (Wildman–Crippen LogP) is 8.28. The van der Waals surface area contributed by atoms with Crippen LogP contribution in [0.3, 0.4) is 0 Å². The van der Waals surface area contributed by atoms with Gasteiger partial charge in [0.15, 0.2) is 10.8 Å². The lowest BCUT2D eigenvalue weighted by molar-refractivity contribution is -0.138. The van der Waals surface area contributed by atoms with E-state index in [0.717, 1.165) is 43.0 Å². The molecule has 6 heterocycles. The Morgan fingerprint density at radius 3 is 1.82 bits per heavy atom. The summed E-state index contributed by atoms with van der Waals surface area (Å²) >= 11 is 1.34. The lowest BCUT2D eigenvalue weighted by Gasteiger charge is -2.25. The Hall–Kier alpha value is -6.11. The Morgan fingerprint density at radius 1 is 0.750 bits per heavy atom. The summed E-state index contributed by atoms with van der Waals surface area (Å²) in [6.07, 6.45) is -2.51. The van der Waals surface area contributed by atoms with Crippen molar-refractivity contribution in [1.82, 2.24) is 28.7 Å². The molecule has 0 unspecified atom stereocenters. The Labute approximate surface area is 317 Å². The number of halogens is 6. The molecular weight excluding hydrogens is 765 g/mol. The number of hydrogen-bond acceptors (Lipinski definition) is 8. The molecular formula is C38H29F6N7O4S. The lowest BCUT2D eigenvalue weighted by Crippen LogP contribution is -2.35. The van der Waals surface area contributed by atoms with Crippen molar-refractivity contribution in [2.75, 3.05) is 31.6 Å². The molecule has 11 nitrogen and oxygen atoms in total. The van der Waals surface area contributed by atoms with Gasteiger partial charge in [-0.2, -0.15) is 26.3 Å². The highest BCUT2D eigenvalue weighted by Gasteiger charge is 2.31. The summed E-state index contributed by atoms with van der Waals surface area (Å²) in [6, 6.07) is 15.9. The number of aromatic nitrogens is 5. The number of alkyl halides is 6. The van der Waals surface area contributed by atoms with Gasteiger partial charge in [-0.15, -0.1) is 11.3 Å². The number of imidazole rings is 2. The molecule has 0 atom stereocenters. The molecule has 1 saturated heterocycles. The fraction of sp³-hybridized carbons (Fsp3) is 0.184. The van der Waals surface area contributed by atoms with Gasteiger partial charge in [0.2, 0.25) is 0 Å². The third-order valence-electron chi connectivity index (χ3n) is 8.67. The lowest BCUT2D eigenvalue weighted by atomic mass is 10.1. The first kappa shape index (κ1) is 38.2. The number of carbonyl (C=O) groups is 2. The summed E-state index contributed by atoms with van der Waals surface area (Å²) in [6.45, 7) is 3.77. The molecule has 5 aromatic heterocycles. The average Bonchev–Trinajstić information content (AvgIpc) is 3.93. The van der Waals surface area contributed by atoms with Gasteiger partial charge in [-0.3, -0.25) is 15.0 Å². The highest BCUT2D eigenvalue weighted by atomic mass is 32.1. The first-order valence-electron chi connectivity index (χ1n) is 16.8. The Morgan fingerprint density at radius 2 is 1.29 bits per heavy atom. The van der Waals surface area contributed by atoms with E-state index < -0.39 is 29.4 Å². The van der Waals surface area contributed by atoms with E-state index in [1.54, 1.807) is 41.2 Å². The topological polar surface area (TPSA) is 126 Å². The second-order valence-corrected chi connectivity index (χ2v) is 13.4. The number of nitrogens with one attached hydrogen (secondary N) is 1. The number of pyridine rings is 2. The number of fused-ring (bicyclic) bond motifs is 2. The van der Waals surface area contributed by atoms with Crippen molar-refractivity contribution in [3.63, 3.8) is 0 Å². The van der Waals surface area contributed by atoms with Crippen molar-refractivity contribution < 1.29 is 45.8 Å². The van der Waals surface area contributed by atoms with Crippen molar-refractivity contribution in [1.29, 1.82) is 0 Å². The van der Waals surface area contributed by atoms with Gasteiger partial charge in [0, 0.05) is 60.9 Å². The predicted molar refractivity (Wildman–Crippen MR) is 194 cm³/mol.